The van der Waals surface area contributed by atoms with Crippen molar-refractivity contribution in [3.63, 3.8) is 0 Å². The van der Waals surface area contributed by atoms with E-state index in [-0.39, 0.29) is 5.56 Å². The maximum Gasteiger partial charge on any atom is 0.142 e. The van der Waals surface area contributed by atoms with E-state index in [2.05, 4.69) is 15.9 Å². The first-order chi connectivity index (χ1) is 6.57. The molecule has 1 aromatic rings. The molecule has 0 aromatic heterocycles. The van der Waals surface area contributed by atoms with Crippen molar-refractivity contribution in [1.82, 2.24) is 0 Å². The number of aliphatic hydroxyl groups is 1. The molecule has 0 fully saturated rings. The van der Waals surface area contributed by atoms with Crippen LogP contribution in [-0.2, 0) is 0 Å². The molecular formula is C10H12BrFO2. The summed E-state index contributed by atoms with van der Waals surface area (Å²) >= 11 is 3.25. The molecule has 0 aliphatic carbocycles. The van der Waals surface area contributed by atoms with E-state index in [1.165, 1.54) is 13.0 Å². The number of ether oxygens (including phenoxy) is 1. The molecule has 4 heteroatoms. The van der Waals surface area contributed by atoms with Crippen molar-refractivity contribution >= 4 is 15.9 Å². The van der Waals surface area contributed by atoms with Gasteiger partial charge in [-0.15, -0.1) is 0 Å². The molecule has 2 nitrogen and oxygen atoms in total. The number of hydrogen-bond acceptors (Lipinski definition) is 2. The molecule has 1 aromatic carbocycles. The van der Waals surface area contributed by atoms with Gasteiger partial charge in [0.25, 0.3) is 0 Å². The molecule has 0 heterocycles. The van der Waals surface area contributed by atoms with Gasteiger partial charge in [-0.05, 0) is 41.9 Å². The summed E-state index contributed by atoms with van der Waals surface area (Å²) in [7, 11) is 0. The largest absolute Gasteiger partial charge is 0.492 e. The van der Waals surface area contributed by atoms with E-state index in [0.29, 0.717) is 16.8 Å². The Morgan fingerprint density at radius 1 is 1.57 bits per heavy atom. The third kappa shape index (κ3) is 2.25. The van der Waals surface area contributed by atoms with Crippen molar-refractivity contribution < 1.29 is 14.2 Å². The highest BCUT2D eigenvalue weighted by Crippen LogP contribution is 2.34. The van der Waals surface area contributed by atoms with Crippen LogP contribution in [0.15, 0.2) is 16.6 Å². The molecule has 1 rings (SSSR count). The van der Waals surface area contributed by atoms with Gasteiger partial charge in [-0.1, -0.05) is 0 Å². The maximum absolute atomic E-state index is 13.3. The number of hydrogen-bond donors (Lipinski definition) is 1. The lowest BCUT2D eigenvalue weighted by Crippen LogP contribution is -2.03. The molecule has 0 radical (unpaired) electrons. The number of aliphatic hydroxyl groups excluding tert-OH is 1. The van der Waals surface area contributed by atoms with Gasteiger partial charge in [-0.3, -0.25) is 0 Å². The molecule has 0 spiro atoms. The zero-order valence-electron chi connectivity index (χ0n) is 8.05. The minimum atomic E-state index is -0.881. The van der Waals surface area contributed by atoms with E-state index in [4.69, 9.17) is 4.74 Å². The molecule has 0 saturated carbocycles. The molecule has 1 unspecified atom stereocenters. The van der Waals surface area contributed by atoms with Crippen LogP contribution in [0.2, 0.25) is 0 Å². The van der Waals surface area contributed by atoms with Crippen LogP contribution in [0.3, 0.4) is 0 Å². The number of benzene rings is 1. The van der Waals surface area contributed by atoms with Gasteiger partial charge >= 0.3 is 0 Å². The summed E-state index contributed by atoms with van der Waals surface area (Å²) in [6.45, 7) is 3.75. The van der Waals surface area contributed by atoms with Crippen molar-refractivity contribution in [2.75, 3.05) is 6.61 Å². The Kier molecular flexibility index (Phi) is 3.89. The van der Waals surface area contributed by atoms with Gasteiger partial charge in [0, 0.05) is 0 Å². The van der Waals surface area contributed by atoms with Crippen LogP contribution >= 0.6 is 15.9 Å². The number of rotatable bonds is 3. The SMILES string of the molecule is CCOc1c(Br)ccc(F)c1C(C)O. The fourth-order valence-corrected chi connectivity index (χ4v) is 1.69. The van der Waals surface area contributed by atoms with Crippen LogP contribution in [0, 0.1) is 5.82 Å². The highest BCUT2D eigenvalue weighted by molar-refractivity contribution is 9.10. The van der Waals surface area contributed by atoms with Crippen molar-refractivity contribution in [2.45, 2.75) is 20.0 Å². The fourth-order valence-electron chi connectivity index (χ4n) is 1.23. The van der Waals surface area contributed by atoms with Crippen LogP contribution in [0.1, 0.15) is 25.5 Å². The summed E-state index contributed by atoms with van der Waals surface area (Å²) in [4.78, 5) is 0. The molecule has 0 amide bonds. The Hall–Kier alpha value is -0.610. The second-order valence-corrected chi connectivity index (χ2v) is 3.74. The van der Waals surface area contributed by atoms with Crippen LogP contribution < -0.4 is 4.74 Å². The zero-order valence-corrected chi connectivity index (χ0v) is 9.64. The highest BCUT2D eigenvalue weighted by atomic mass is 79.9. The van der Waals surface area contributed by atoms with Crippen molar-refractivity contribution in [3.05, 3.63) is 28.0 Å². The Balaban J connectivity index is 3.26. The third-order valence-corrected chi connectivity index (χ3v) is 2.43. The standard InChI is InChI=1S/C10H12BrFO2/c1-3-14-10-7(11)4-5-8(12)9(10)6(2)13/h4-6,13H,3H2,1-2H3. The van der Waals surface area contributed by atoms with Gasteiger partial charge in [-0.25, -0.2) is 4.39 Å². The second-order valence-electron chi connectivity index (χ2n) is 2.88. The minimum Gasteiger partial charge on any atom is -0.492 e. The zero-order chi connectivity index (χ0) is 10.7. The molecule has 1 N–H and O–H groups in total. The highest BCUT2D eigenvalue weighted by Gasteiger charge is 2.17. The van der Waals surface area contributed by atoms with Crippen LogP contribution in [-0.4, -0.2) is 11.7 Å². The second kappa shape index (κ2) is 4.75. The lowest BCUT2D eigenvalue weighted by molar-refractivity contribution is 0.186. The molecule has 0 bridgehead atoms. The molecule has 14 heavy (non-hydrogen) atoms. The van der Waals surface area contributed by atoms with Gasteiger partial charge in [0.15, 0.2) is 0 Å². The normalized spacial score (nSPS) is 12.6. The Bertz CT molecular complexity index is 326. The molecule has 1 atom stereocenters. The van der Waals surface area contributed by atoms with Gasteiger partial charge in [0.1, 0.15) is 11.6 Å². The number of halogens is 2. The Morgan fingerprint density at radius 3 is 2.71 bits per heavy atom. The van der Waals surface area contributed by atoms with Crippen LogP contribution in [0.5, 0.6) is 5.75 Å². The summed E-state index contributed by atoms with van der Waals surface area (Å²) in [5.74, 6) is -0.0749. The topological polar surface area (TPSA) is 29.5 Å². The van der Waals surface area contributed by atoms with Crippen molar-refractivity contribution in [3.8, 4) is 5.75 Å². The first-order valence-electron chi connectivity index (χ1n) is 4.36. The average Bonchev–Trinajstić information content (AvgIpc) is 2.11. The third-order valence-electron chi connectivity index (χ3n) is 1.80. The smallest absolute Gasteiger partial charge is 0.142 e. The van der Waals surface area contributed by atoms with E-state index < -0.39 is 11.9 Å². The Labute approximate surface area is 90.8 Å². The summed E-state index contributed by atoms with van der Waals surface area (Å²) in [5, 5.41) is 9.40. The van der Waals surface area contributed by atoms with E-state index in [1.807, 2.05) is 6.92 Å². The van der Waals surface area contributed by atoms with E-state index >= 15 is 0 Å². The lowest BCUT2D eigenvalue weighted by Gasteiger charge is -2.14. The minimum absolute atomic E-state index is 0.196. The predicted octanol–water partition coefficient (Wildman–Crippen LogP) is 3.04. The first kappa shape index (κ1) is 11.5. The first-order valence-corrected chi connectivity index (χ1v) is 5.16. The molecule has 78 valence electrons. The van der Waals surface area contributed by atoms with Gasteiger partial charge in [0.05, 0.1) is 22.7 Å². The molecule has 0 aliphatic rings. The molecular weight excluding hydrogens is 251 g/mol. The summed E-state index contributed by atoms with van der Waals surface area (Å²) < 4.78 is 19.3. The van der Waals surface area contributed by atoms with Gasteiger partial charge < -0.3 is 9.84 Å². The van der Waals surface area contributed by atoms with E-state index in [1.54, 1.807) is 6.07 Å². The van der Waals surface area contributed by atoms with Gasteiger partial charge in [0.2, 0.25) is 0 Å². The van der Waals surface area contributed by atoms with E-state index in [9.17, 15) is 9.50 Å². The van der Waals surface area contributed by atoms with Crippen molar-refractivity contribution in [1.29, 1.82) is 0 Å². The quantitative estimate of drug-likeness (QED) is 0.908. The predicted molar refractivity (Wildman–Crippen MR) is 55.9 cm³/mol. The Morgan fingerprint density at radius 2 is 2.21 bits per heavy atom. The lowest BCUT2D eigenvalue weighted by atomic mass is 10.1. The summed E-state index contributed by atoms with van der Waals surface area (Å²) in [6, 6.07) is 2.86. The molecule has 0 aliphatic heterocycles. The van der Waals surface area contributed by atoms with E-state index in [0.717, 1.165) is 0 Å². The molecule has 0 saturated heterocycles. The van der Waals surface area contributed by atoms with Crippen LogP contribution in [0.4, 0.5) is 4.39 Å². The fraction of sp³-hybridized carbons (Fsp3) is 0.400. The monoisotopic (exact) mass is 262 g/mol. The van der Waals surface area contributed by atoms with Crippen LogP contribution in [0.25, 0.3) is 0 Å². The maximum atomic E-state index is 13.3. The van der Waals surface area contributed by atoms with Crippen molar-refractivity contribution in [2.24, 2.45) is 0 Å². The van der Waals surface area contributed by atoms with Gasteiger partial charge in [-0.2, -0.15) is 0 Å². The average molecular weight is 263 g/mol. The summed E-state index contributed by atoms with van der Waals surface area (Å²) in [6.07, 6.45) is -0.881. The summed E-state index contributed by atoms with van der Waals surface area (Å²) in [5.41, 5.74) is 0.196.